The number of hydrogen-bond acceptors (Lipinski definition) is 3. The van der Waals surface area contributed by atoms with Crippen LogP contribution in [0.5, 0.6) is 5.75 Å². The Morgan fingerprint density at radius 2 is 2.11 bits per heavy atom. The summed E-state index contributed by atoms with van der Waals surface area (Å²) in [7, 11) is 1.61. The molecule has 0 saturated heterocycles. The van der Waals surface area contributed by atoms with Crippen LogP contribution in [0.1, 0.15) is 11.3 Å². The van der Waals surface area contributed by atoms with Crippen molar-refractivity contribution in [2.75, 3.05) is 12.4 Å². The number of methoxy groups -OCH3 is 1. The molecule has 0 fully saturated rings. The molecule has 0 atom stereocenters. The highest BCUT2D eigenvalue weighted by Crippen LogP contribution is 2.25. The third-order valence-electron chi connectivity index (χ3n) is 2.58. The molecule has 2 aromatic rings. The number of nitrogens with zero attached hydrogens (tertiary/aromatic N) is 1. The fourth-order valence-corrected chi connectivity index (χ4v) is 1.93. The quantitative estimate of drug-likeness (QED) is 0.913. The molecule has 1 heterocycles. The van der Waals surface area contributed by atoms with E-state index in [9.17, 15) is 0 Å². The second kappa shape index (κ2) is 5.74. The number of anilines is 1. The van der Waals surface area contributed by atoms with Crippen molar-refractivity contribution >= 4 is 17.4 Å². The second-order valence-corrected chi connectivity index (χ2v) is 4.39. The number of benzene rings is 1. The van der Waals surface area contributed by atoms with Crippen LogP contribution in [0.3, 0.4) is 0 Å². The number of halogens is 1. The van der Waals surface area contributed by atoms with E-state index in [1.165, 1.54) is 0 Å². The van der Waals surface area contributed by atoms with Crippen LogP contribution < -0.4 is 10.1 Å². The molecule has 94 valence electrons. The van der Waals surface area contributed by atoms with Gasteiger partial charge in [-0.2, -0.15) is 0 Å². The summed E-state index contributed by atoms with van der Waals surface area (Å²) in [6.45, 7) is 2.65. The van der Waals surface area contributed by atoms with Crippen molar-refractivity contribution in [3.05, 3.63) is 52.7 Å². The molecule has 0 bridgehead atoms. The van der Waals surface area contributed by atoms with Gasteiger partial charge >= 0.3 is 0 Å². The molecule has 0 radical (unpaired) electrons. The Kier molecular flexibility index (Phi) is 4.05. The van der Waals surface area contributed by atoms with Crippen molar-refractivity contribution in [3.63, 3.8) is 0 Å². The summed E-state index contributed by atoms with van der Waals surface area (Å²) >= 11 is 6.07. The van der Waals surface area contributed by atoms with Gasteiger partial charge in [-0.05, 0) is 36.8 Å². The lowest BCUT2D eigenvalue weighted by Crippen LogP contribution is -2.01. The Balaban J connectivity index is 2.04. The Morgan fingerprint density at radius 3 is 2.78 bits per heavy atom. The molecule has 2 rings (SSSR count). The van der Waals surface area contributed by atoms with Crippen molar-refractivity contribution < 1.29 is 4.74 Å². The molecular formula is C14H15ClN2O. The lowest BCUT2D eigenvalue weighted by Gasteiger charge is -2.08. The molecule has 3 nitrogen and oxygen atoms in total. The molecule has 0 spiro atoms. The standard InChI is InChI=1S/C14H15ClN2O/c1-10-4-3-5-14(17-10)16-9-11-6-7-13(18-2)12(15)8-11/h3-8H,9H2,1-2H3,(H,16,17). The first-order valence-corrected chi connectivity index (χ1v) is 6.07. The largest absolute Gasteiger partial charge is 0.495 e. The summed E-state index contributed by atoms with van der Waals surface area (Å²) in [6.07, 6.45) is 0. The maximum Gasteiger partial charge on any atom is 0.137 e. The lowest BCUT2D eigenvalue weighted by atomic mass is 10.2. The van der Waals surface area contributed by atoms with Gasteiger partial charge in [0.15, 0.2) is 0 Å². The number of nitrogens with one attached hydrogen (secondary N) is 1. The molecule has 0 amide bonds. The van der Waals surface area contributed by atoms with Gasteiger partial charge in [-0.1, -0.05) is 23.7 Å². The molecular weight excluding hydrogens is 248 g/mol. The first-order chi connectivity index (χ1) is 8.69. The summed E-state index contributed by atoms with van der Waals surface area (Å²) < 4.78 is 5.11. The SMILES string of the molecule is COc1ccc(CNc2cccc(C)n2)cc1Cl. The smallest absolute Gasteiger partial charge is 0.137 e. The Labute approximate surface area is 112 Å². The fraction of sp³-hybridized carbons (Fsp3) is 0.214. The third kappa shape index (κ3) is 3.14. The lowest BCUT2D eigenvalue weighted by molar-refractivity contribution is 0.415. The molecule has 0 aliphatic heterocycles. The zero-order valence-electron chi connectivity index (χ0n) is 10.4. The summed E-state index contributed by atoms with van der Waals surface area (Å²) in [5.74, 6) is 1.55. The minimum atomic E-state index is 0.619. The second-order valence-electron chi connectivity index (χ2n) is 3.99. The Hall–Kier alpha value is -1.74. The van der Waals surface area contributed by atoms with E-state index in [1.54, 1.807) is 7.11 Å². The van der Waals surface area contributed by atoms with Crippen LogP contribution in [0.2, 0.25) is 5.02 Å². The van der Waals surface area contributed by atoms with Crippen LogP contribution in [0.15, 0.2) is 36.4 Å². The molecule has 0 saturated carbocycles. The predicted molar refractivity (Wildman–Crippen MR) is 74.3 cm³/mol. The average Bonchev–Trinajstić information content (AvgIpc) is 2.37. The first-order valence-electron chi connectivity index (χ1n) is 5.69. The molecule has 1 aromatic heterocycles. The van der Waals surface area contributed by atoms with E-state index < -0.39 is 0 Å². The maximum absolute atomic E-state index is 6.07. The molecule has 4 heteroatoms. The van der Waals surface area contributed by atoms with E-state index in [0.29, 0.717) is 17.3 Å². The minimum Gasteiger partial charge on any atom is -0.495 e. The van der Waals surface area contributed by atoms with Crippen molar-refractivity contribution in [2.45, 2.75) is 13.5 Å². The van der Waals surface area contributed by atoms with Crippen LogP contribution in [0.25, 0.3) is 0 Å². The summed E-state index contributed by atoms with van der Waals surface area (Å²) in [4.78, 5) is 4.38. The van der Waals surface area contributed by atoms with Crippen LogP contribution in [0.4, 0.5) is 5.82 Å². The zero-order valence-corrected chi connectivity index (χ0v) is 11.2. The van der Waals surface area contributed by atoms with E-state index in [4.69, 9.17) is 16.3 Å². The van der Waals surface area contributed by atoms with Gasteiger partial charge in [0, 0.05) is 12.2 Å². The van der Waals surface area contributed by atoms with Crippen molar-refractivity contribution in [1.29, 1.82) is 0 Å². The number of aryl methyl sites for hydroxylation is 1. The van der Waals surface area contributed by atoms with Crippen LogP contribution >= 0.6 is 11.6 Å². The number of hydrogen-bond donors (Lipinski definition) is 1. The number of pyridine rings is 1. The van der Waals surface area contributed by atoms with Crippen LogP contribution in [-0.2, 0) is 6.54 Å². The van der Waals surface area contributed by atoms with Crippen molar-refractivity contribution in [1.82, 2.24) is 4.98 Å². The van der Waals surface area contributed by atoms with E-state index >= 15 is 0 Å². The third-order valence-corrected chi connectivity index (χ3v) is 2.87. The van der Waals surface area contributed by atoms with E-state index in [1.807, 2.05) is 43.3 Å². The van der Waals surface area contributed by atoms with Crippen molar-refractivity contribution in [3.8, 4) is 5.75 Å². The van der Waals surface area contributed by atoms with Gasteiger partial charge in [0.1, 0.15) is 11.6 Å². The normalized spacial score (nSPS) is 10.2. The summed E-state index contributed by atoms with van der Waals surface area (Å²) in [5, 5.41) is 3.88. The molecule has 0 aliphatic rings. The number of ether oxygens (including phenoxy) is 1. The van der Waals surface area contributed by atoms with Gasteiger partial charge < -0.3 is 10.1 Å². The van der Waals surface area contributed by atoms with Gasteiger partial charge in [0.2, 0.25) is 0 Å². The molecule has 0 aliphatic carbocycles. The van der Waals surface area contributed by atoms with E-state index in [2.05, 4.69) is 10.3 Å². The topological polar surface area (TPSA) is 34.1 Å². The van der Waals surface area contributed by atoms with Gasteiger partial charge in [0.25, 0.3) is 0 Å². The molecule has 0 unspecified atom stereocenters. The Bertz CT molecular complexity index is 543. The van der Waals surface area contributed by atoms with Crippen LogP contribution in [0, 0.1) is 6.92 Å². The van der Waals surface area contributed by atoms with Gasteiger partial charge in [-0.3, -0.25) is 0 Å². The average molecular weight is 263 g/mol. The Morgan fingerprint density at radius 1 is 1.28 bits per heavy atom. The number of rotatable bonds is 4. The first kappa shape index (κ1) is 12.7. The van der Waals surface area contributed by atoms with Gasteiger partial charge in [-0.25, -0.2) is 4.98 Å². The highest BCUT2D eigenvalue weighted by Gasteiger charge is 2.02. The molecule has 1 N–H and O–H groups in total. The minimum absolute atomic E-state index is 0.619. The predicted octanol–water partition coefficient (Wildman–Crippen LogP) is 3.66. The molecule has 18 heavy (non-hydrogen) atoms. The zero-order chi connectivity index (χ0) is 13.0. The van der Waals surface area contributed by atoms with Gasteiger partial charge in [-0.15, -0.1) is 0 Å². The van der Waals surface area contributed by atoms with E-state index in [-0.39, 0.29) is 0 Å². The maximum atomic E-state index is 6.07. The summed E-state index contributed by atoms with van der Waals surface area (Å²) in [5.41, 5.74) is 2.08. The highest BCUT2D eigenvalue weighted by molar-refractivity contribution is 6.32. The molecule has 1 aromatic carbocycles. The number of aromatic nitrogens is 1. The van der Waals surface area contributed by atoms with Crippen LogP contribution in [-0.4, -0.2) is 12.1 Å². The monoisotopic (exact) mass is 262 g/mol. The van der Waals surface area contributed by atoms with Crippen molar-refractivity contribution in [2.24, 2.45) is 0 Å². The van der Waals surface area contributed by atoms with E-state index in [0.717, 1.165) is 17.1 Å². The highest BCUT2D eigenvalue weighted by atomic mass is 35.5. The fourth-order valence-electron chi connectivity index (χ4n) is 1.65. The van der Waals surface area contributed by atoms with Gasteiger partial charge in [0.05, 0.1) is 12.1 Å². The summed E-state index contributed by atoms with van der Waals surface area (Å²) in [6, 6.07) is 11.6.